The molecule has 1 aromatic carbocycles. The minimum Gasteiger partial charge on any atom is -0.352 e. The molecular formula is C16H19N3O3S. The summed E-state index contributed by atoms with van der Waals surface area (Å²) in [5.74, 6) is 0.257. The standard InChI is InChI=1S/C16H19N3O3S/c20-16(17-10-14-5-8-23(21,22)12-14)15-4-1-3-13(9-15)11-19-7-2-6-18-19/h1-4,6-7,9,14H,5,8,10-12H2,(H,17,20)/t14-/m0/s1. The van der Waals surface area contributed by atoms with Crippen molar-refractivity contribution in [3.05, 3.63) is 53.9 Å². The number of carbonyl (C=O) groups is 1. The number of aromatic nitrogens is 2. The van der Waals surface area contributed by atoms with Gasteiger partial charge in [0.15, 0.2) is 9.84 Å². The molecule has 1 amide bonds. The highest BCUT2D eigenvalue weighted by molar-refractivity contribution is 7.91. The Bertz CT molecular complexity index is 785. The fourth-order valence-electron chi connectivity index (χ4n) is 2.76. The molecule has 0 unspecified atom stereocenters. The molecule has 0 radical (unpaired) electrons. The van der Waals surface area contributed by atoms with Gasteiger partial charge in [-0.2, -0.15) is 5.10 Å². The number of hydrogen-bond acceptors (Lipinski definition) is 4. The second-order valence-electron chi connectivity index (χ2n) is 5.88. The predicted molar refractivity (Wildman–Crippen MR) is 86.9 cm³/mol. The topological polar surface area (TPSA) is 81.1 Å². The van der Waals surface area contributed by atoms with Crippen LogP contribution in [-0.2, 0) is 16.4 Å². The maximum absolute atomic E-state index is 12.2. The third-order valence-corrected chi connectivity index (χ3v) is 5.81. The number of nitrogens with zero attached hydrogens (tertiary/aromatic N) is 2. The molecule has 7 heteroatoms. The normalized spacial score (nSPS) is 19.6. The highest BCUT2D eigenvalue weighted by atomic mass is 32.2. The highest BCUT2D eigenvalue weighted by Gasteiger charge is 2.27. The summed E-state index contributed by atoms with van der Waals surface area (Å²) < 4.78 is 24.7. The molecule has 1 saturated heterocycles. The van der Waals surface area contributed by atoms with Gasteiger partial charge in [-0.1, -0.05) is 12.1 Å². The number of hydrogen-bond donors (Lipinski definition) is 1. The van der Waals surface area contributed by atoms with E-state index < -0.39 is 9.84 Å². The number of amides is 1. The lowest BCUT2D eigenvalue weighted by Crippen LogP contribution is -2.29. The van der Waals surface area contributed by atoms with Crippen LogP contribution in [0.3, 0.4) is 0 Å². The van der Waals surface area contributed by atoms with E-state index in [4.69, 9.17) is 0 Å². The molecular weight excluding hydrogens is 314 g/mol. The van der Waals surface area contributed by atoms with Crippen molar-refractivity contribution < 1.29 is 13.2 Å². The third kappa shape index (κ3) is 4.19. The van der Waals surface area contributed by atoms with Crippen LogP contribution in [-0.4, -0.2) is 42.2 Å². The van der Waals surface area contributed by atoms with Gasteiger partial charge in [0.1, 0.15) is 0 Å². The Morgan fingerprint density at radius 2 is 2.22 bits per heavy atom. The molecule has 0 spiro atoms. The van der Waals surface area contributed by atoms with Crippen LogP contribution < -0.4 is 5.32 Å². The number of benzene rings is 1. The molecule has 23 heavy (non-hydrogen) atoms. The Morgan fingerprint density at radius 3 is 2.91 bits per heavy atom. The first-order chi connectivity index (χ1) is 11.0. The number of nitrogens with one attached hydrogen (secondary N) is 1. The summed E-state index contributed by atoms with van der Waals surface area (Å²) in [5.41, 5.74) is 1.57. The van der Waals surface area contributed by atoms with Crippen molar-refractivity contribution in [2.24, 2.45) is 5.92 Å². The summed E-state index contributed by atoms with van der Waals surface area (Å²) in [6.45, 7) is 1.01. The van der Waals surface area contributed by atoms with E-state index in [-0.39, 0.29) is 23.3 Å². The largest absolute Gasteiger partial charge is 0.352 e. The maximum atomic E-state index is 12.2. The molecule has 0 bridgehead atoms. The lowest BCUT2D eigenvalue weighted by molar-refractivity contribution is 0.0948. The molecule has 1 fully saturated rings. The SMILES string of the molecule is O=C(NC[C@@H]1CCS(=O)(=O)C1)c1cccc(Cn2cccn2)c1. The van der Waals surface area contributed by atoms with Gasteiger partial charge in [0, 0.05) is 24.5 Å². The number of carbonyl (C=O) groups excluding carboxylic acids is 1. The minimum absolute atomic E-state index is 0.0243. The van der Waals surface area contributed by atoms with Crippen LogP contribution >= 0.6 is 0 Å². The van der Waals surface area contributed by atoms with E-state index in [1.54, 1.807) is 16.9 Å². The highest BCUT2D eigenvalue weighted by Crippen LogP contribution is 2.17. The molecule has 2 heterocycles. The lowest BCUT2D eigenvalue weighted by atomic mass is 10.1. The van der Waals surface area contributed by atoms with E-state index in [1.165, 1.54) is 0 Å². The Balaban J connectivity index is 1.59. The molecule has 0 aliphatic carbocycles. The van der Waals surface area contributed by atoms with Gasteiger partial charge in [-0.3, -0.25) is 9.48 Å². The molecule has 1 atom stereocenters. The van der Waals surface area contributed by atoms with Gasteiger partial charge in [0.2, 0.25) is 0 Å². The molecule has 3 rings (SSSR count). The van der Waals surface area contributed by atoms with Crippen LogP contribution in [0, 0.1) is 5.92 Å². The summed E-state index contributed by atoms with van der Waals surface area (Å²) >= 11 is 0. The van der Waals surface area contributed by atoms with Crippen LogP contribution in [0.15, 0.2) is 42.7 Å². The fraction of sp³-hybridized carbons (Fsp3) is 0.375. The van der Waals surface area contributed by atoms with Crippen LogP contribution in [0.1, 0.15) is 22.3 Å². The van der Waals surface area contributed by atoms with Gasteiger partial charge in [-0.05, 0) is 36.1 Å². The predicted octanol–water partition coefficient (Wildman–Crippen LogP) is 1.10. The maximum Gasteiger partial charge on any atom is 0.251 e. The van der Waals surface area contributed by atoms with Gasteiger partial charge < -0.3 is 5.32 Å². The van der Waals surface area contributed by atoms with Gasteiger partial charge in [-0.15, -0.1) is 0 Å². The second-order valence-corrected chi connectivity index (χ2v) is 8.11. The Morgan fingerprint density at radius 1 is 1.35 bits per heavy atom. The molecule has 1 aliphatic heterocycles. The second kappa shape index (κ2) is 6.54. The molecule has 0 saturated carbocycles. The van der Waals surface area contributed by atoms with E-state index in [1.807, 2.05) is 30.5 Å². The minimum atomic E-state index is -2.90. The zero-order chi connectivity index (χ0) is 16.3. The molecule has 1 N–H and O–H groups in total. The van der Waals surface area contributed by atoms with Crippen LogP contribution in [0.4, 0.5) is 0 Å². The summed E-state index contributed by atoms with van der Waals surface area (Å²) in [5, 5.41) is 6.99. The number of rotatable bonds is 5. The fourth-order valence-corrected chi connectivity index (χ4v) is 4.63. The summed E-state index contributed by atoms with van der Waals surface area (Å²) in [6, 6.07) is 9.23. The zero-order valence-electron chi connectivity index (χ0n) is 12.7. The van der Waals surface area contributed by atoms with Crippen LogP contribution in [0.25, 0.3) is 0 Å². The first-order valence-corrected chi connectivity index (χ1v) is 9.39. The Hall–Kier alpha value is -2.15. The number of sulfone groups is 1. The van der Waals surface area contributed by atoms with Gasteiger partial charge in [0.05, 0.1) is 18.1 Å². The molecule has 1 aliphatic rings. The van der Waals surface area contributed by atoms with Gasteiger partial charge in [0.25, 0.3) is 5.91 Å². The Kier molecular flexibility index (Phi) is 4.47. The smallest absolute Gasteiger partial charge is 0.251 e. The van der Waals surface area contributed by atoms with Crippen molar-refractivity contribution >= 4 is 15.7 Å². The average molecular weight is 333 g/mol. The summed E-state index contributed by atoms with van der Waals surface area (Å²) in [7, 11) is -2.90. The van der Waals surface area contributed by atoms with Crippen molar-refractivity contribution in [1.82, 2.24) is 15.1 Å². The van der Waals surface area contributed by atoms with Crippen molar-refractivity contribution in [2.45, 2.75) is 13.0 Å². The van der Waals surface area contributed by atoms with E-state index >= 15 is 0 Å². The molecule has 1 aromatic heterocycles. The third-order valence-electron chi connectivity index (χ3n) is 3.97. The monoisotopic (exact) mass is 333 g/mol. The van der Waals surface area contributed by atoms with Crippen LogP contribution in [0.5, 0.6) is 0 Å². The quantitative estimate of drug-likeness (QED) is 0.888. The van der Waals surface area contributed by atoms with E-state index in [9.17, 15) is 13.2 Å². The lowest BCUT2D eigenvalue weighted by Gasteiger charge is -2.10. The summed E-state index contributed by atoms with van der Waals surface area (Å²) in [4.78, 5) is 12.2. The Labute approximate surface area is 135 Å². The van der Waals surface area contributed by atoms with E-state index in [2.05, 4.69) is 10.4 Å². The van der Waals surface area contributed by atoms with E-state index in [0.29, 0.717) is 25.1 Å². The van der Waals surface area contributed by atoms with Crippen molar-refractivity contribution in [1.29, 1.82) is 0 Å². The van der Waals surface area contributed by atoms with E-state index in [0.717, 1.165) is 5.56 Å². The zero-order valence-corrected chi connectivity index (χ0v) is 13.5. The van der Waals surface area contributed by atoms with Crippen molar-refractivity contribution in [3.8, 4) is 0 Å². The van der Waals surface area contributed by atoms with Crippen molar-refractivity contribution in [2.75, 3.05) is 18.1 Å². The van der Waals surface area contributed by atoms with Gasteiger partial charge in [-0.25, -0.2) is 8.42 Å². The molecule has 122 valence electrons. The van der Waals surface area contributed by atoms with Crippen molar-refractivity contribution in [3.63, 3.8) is 0 Å². The summed E-state index contributed by atoms with van der Waals surface area (Å²) in [6.07, 6.45) is 4.21. The average Bonchev–Trinajstić information content (AvgIpc) is 3.14. The van der Waals surface area contributed by atoms with Gasteiger partial charge >= 0.3 is 0 Å². The van der Waals surface area contributed by atoms with Crippen LogP contribution in [0.2, 0.25) is 0 Å². The first-order valence-electron chi connectivity index (χ1n) is 7.57. The first kappa shape index (κ1) is 15.7. The molecule has 2 aromatic rings. The molecule has 6 nitrogen and oxygen atoms in total.